The van der Waals surface area contributed by atoms with Crippen molar-refractivity contribution in [1.82, 2.24) is 14.4 Å². The molecule has 1 aliphatic rings. The molecule has 0 aliphatic heterocycles. The van der Waals surface area contributed by atoms with Gasteiger partial charge in [0.05, 0.1) is 5.69 Å². The minimum Gasteiger partial charge on any atom is -0.269 e. The second-order valence-electron chi connectivity index (χ2n) is 6.03. The van der Waals surface area contributed by atoms with Crippen molar-refractivity contribution in [1.29, 1.82) is 0 Å². The molecular formula is C20H17N3O. The fourth-order valence-electron chi connectivity index (χ4n) is 3.11. The maximum Gasteiger partial charge on any atom is 0.261 e. The van der Waals surface area contributed by atoms with E-state index in [0.717, 1.165) is 48.1 Å². The van der Waals surface area contributed by atoms with Gasteiger partial charge in [0.25, 0.3) is 5.56 Å². The summed E-state index contributed by atoms with van der Waals surface area (Å²) >= 11 is 0. The van der Waals surface area contributed by atoms with Crippen LogP contribution >= 0.6 is 0 Å². The molecule has 3 aromatic rings. The number of aromatic nitrogens is 3. The normalized spacial score (nSPS) is 13.7. The lowest BCUT2D eigenvalue weighted by molar-refractivity contribution is 0.708. The first-order valence-electron chi connectivity index (χ1n) is 8.27. The van der Waals surface area contributed by atoms with Crippen molar-refractivity contribution in [3.05, 3.63) is 75.6 Å². The van der Waals surface area contributed by atoms with Crippen LogP contribution in [-0.2, 0) is 12.8 Å². The zero-order valence-corrected chi connectivity index (χ0v) is 13.3. The molecule has 1 aliphatic carbocycles. The van der Waals surface area contributed by atoms with Crippen LogP contribution in [0.25, 0.3) is 5.65 Å². The van der Waals surface area contributed by atoms with Gasteiger partial charge in [-0.15, -0.1) is 0 Å². The predicted molar refractivity (Wildman–Crippen MR) is 92.9 cm³/mol. The number of nitrogens with zero attached hydrogens (tertiary/aromatic N) is 3. The first-order chi connectivity index (χ1) is 11.8. The molecule has 0 aromatic carbocycles. The van der Waals surface area contributed by atoms with Crippen LogP contribution in [0.2, 0.25) is 0 Å². The summed E-state index contributed by atoms with van der Waals surface area (Å²) in [6, 6.07) is 7.50. The van der Waals surface area contributed by atoms with Gasteiger partial charge in [-0.2, -0.15) is 0 Å². The lowest BCUT2D eigenvalue weighted by Crippen LogP contribution is -2.22. The third-order valence-electron chi connectivity index (χ3n) is 4.38. The van der Waals surface area contributed by atoms with E-state index in [1.165, 1.54) is 6.42 Å². The Labute approximate surface area is 140 Å². The smallest absolute Gasteiger partial charge is 0.261 e. The van der Waals surface area contributed by atoms with Crippen molar-refractivity contribution < 1.29 is 0 Å². The summed E-state index contributed by atoms with van der Waals surface area (Å²) < 4.78 is 1.64. The SMILES string of the molecule is O=c1c2c(nc3cc(C#Cc4ccncc4)ccn13)CCCCC2. The van der Waals surface area contributed by atoms with Crippen molar-refractivity contribution >= 4 is 5.65 Å². The monoisotopic (exact) mass is 315 g/mol. The van der Waals surface area contributed by atoms with E-state index in [1.807, 2.05) is 24.3 Å². The first kappa shape index (κ1) is 14.6. The zero-order valence-electron chi connectivity index (χ0n) is 13.3. The number of fused-ring (bicyclic) bond motifs is 2. The highest BCUT2D eigenvalue weighted by Gasteiger charge is 2.15. The summed E-state index contributed by atoms with van der Waals surface area (Å²) in [5.41, 5.74) is 4.38. The van der Waals surface area contributed by atoms with Crippen LogP contribution in [0.1, 0.15) is 41.6 Å². The Balaban J connectivity index is 1.79. The Bertz CT molecular complexity index is 1010. The predicted octanol–water partition coefficient (Wildman–Crippen LogP) is 2.76. The van der Waals surface area contributed by atoms with E-state index in [2.05, 4.69) is 16.8 Å². The Morgan fingerprint density at radius 3 is 2.62 bits per heavy atom. The minimum absolute atomic E-state index is 0.0746. The molecule has 0 unspecified atom stereocenters. The summed E-state index contributed by atoms with van der Waals surface area (Å²) in [4.78, 5) is 21.4. The van der Waals surface area contributed by atoms with Crippen LogP contribution in [0.4, 0.5) is 0 Å². The van der Waals surface area contributed by atoms with Crippen LogP contribution in [-0.4, -0.2) is 14.4 Å². The van der Waals surface area contributed by atoms with Crippen LogP contribution < -0.4 is 5.56 Å². The van der Waals surface area contributed by atoms with Crippen LogP contribution in [0.5, 0.6) is 0 Å². The summed E-state index contributed by atoms with van der Waals surface area (Å²) in [7, 11) is 0. The Morgan fingerprint density at radius 2 is 1.75 bits per heavy atom. The van der Waals surface area contributed by atoms with E-state index in [0.29, 0.717) is 5.65 Å². The lowest BCUT2D eigenvalue weighted by Gasteiger charge is -2.08. The Kier molecular flexibility index (Phi) is 3.84. The molecule has 0 fully saturated rings. The van der Waals surface area contributed by atoms with Crippen molar-refractivity contribution in [2.75, 3.05) is 0 Å². The molecule has 0 N–H and O–H groups in total. The molecular weight excluding hydrogens is 298 g/mol. The molecule has 0 saturated heterocycles. The van der Waals surface area contributed by atoms with Gasteiger partial charge in [-0.05, 0) is 49.9 Å². The van der Waals surface area contributed by atoms with Gasteiger partial charge in [-0.1, -0.05) is 18.3 Å². The van der Waals surface area contributed by atoms with Gasteiger partial charge in [-0.3, -0.25) is 14.2 Å². The van der Waals surface area contributed by atoms with Gasteiger partial charge in [0.15, 0.2) is 0 Å². The maximum absolute atomic E-state index is 12.7. The van der Waals surface area contributed by atoms with Crippen molar-refractivity contribution in [3.63, 3.8) is 0 Å². The topological polar surface area (TPSA) is 47.3 Å². The molecule has 0 spiro atoms. The largest absolute Gasteiger partial charge is 0.269 e. The minimum atomic E-state index is 0.0746. The molecule has 4 heteroatoms. The quantitative estimate of drug-likeness (QED) is 0.473. The van der Waals surface area contributed by atoms with Gasteiger partial charge in [-0.25, -0.2) is 4.98 Å². The molecule has 3 aromatic heterocycles. The highest BCUT2D eigenvalue weighted by molar-refractivity contribution is 5.50. The standard InChI is InChI=1S/C20H17N3O/c24-20-17-4-2-1-3-5-18(17)22-19-14-16(10-13-23(19)20)7-6-15-8-11-21-12-9-15/h8-14H,1-5H2. The second-order valence-corrected chi connectivity index (χ2v) is 6.03. The Hall–Kier alpha value is -2.93. The number of hydrogen-bond donors (Lipinski definition) is 0. The van der Waals surface area contributed by atoms with E-state index in [-0.39, 0.29) is 5.56 Å². The fourth-order valence-corrected chi connectivity index (χ4v) is 3.11. The molecule has 4 nitrogen and oxygen atoms in total. The zero-order chi connectivity index (χ0) is 16.4. The van der Waals surface area contributed by atoms with E-state index in [1.54, 1.807) is 23.0 Å². The molecule has 0 atom stereocenters. The molecule has 0 bridgehead atoms. The number of pyridine rings is 2. The van der Waals surface area contributed by atoms with Crippen LogP contribution in [0.15, 0.2) is 47.7 Å². The fraction of sp³-hybridized carbons (Fsp3) is 0.250. The van der Waals surface area contributed by atoms with Gasteiger partial charge >= 0.3 is 0 Å². The molecule has 0 radical (unpaired) electrons. The highest BCUT2D eigenvalue weighted by atomic mass is 16.1. The van der Waals surface area contributed by atoms with E-state index >= 15 is 0 Å². The van der Waals surface area contributed by atoms with E-state index in [4.69, 9.17) is 4.98 Å². The summed E-state index contributed by atoms with van der Waals surface area (Å²) in [5.74, 6) is 6.24. The molecule has 24 heavy (non-hydrogen) atoms. The van der Waals surface area contributed by atoms with E-state index in [9.17, 15) is 4.79 Å². The third-order valence-corrected chi connectivity index (χ3v) is 4.38. The second kappa shape index (κ2) is 6.29. The number of hydrogen-bond acceptors (Lipinski definition) is 3. The molecule has 118 valence electrons. The van der Waals surface area contributed by atoms with Gasteiger partial charge in [0.2, 0.25) is 0 Å². The third kappa shape index (κ3) is 2.81. The lowest BCUT2D eigenvalue weighted by atomic mass is 10.1. The van der Waals surface area contributed by atoms with Gasteiger partial charge < -0.3 is 0 Å². The highest BCUT2D eigenvalue weighted by Crippen LogP contribution is 2.17. The molecule has 3 heterocycles. The van der Waals surface area contributed by atoms with Gasteiger partial charge in [0, 0.05) is 35.3 Å². The number of aryl methyl sites for hydroxylation is 1. The average molecular weight is 315 g/mol. The molecule has 0 amide bonds. The first-order valence-corrected chi connectivity index (χ1v) is 8.27. The van der Waals surface area contributed by atoms with Crippen molar-refractivity contribution in [3.8, 4) is 11.8 Å². The van der Waals surface area contributed by atoms with Crippen LogP contribution in [0.3, 0.4) is 0 Å². The maximum atomic E-state index is 12.7. The van der Waals surface area contributed by atoms with Crippen molar-refractivity contribution in [2.45, 2.75) is 32.1 Å². The summed E-state index contributed by atoms with van der Waals surface area (Å²) in [6.45, 7) is 0. The Morgan fingerprint density at radius 1 is 0.958 bits per heavy atom. The van der Waals surface area contributed by atoms with Gasteiger partial charge in [0.1, 0.15) is 5.65 Å². The van der Waals surface area contributed by atoms with E-state index < -0.39 is 0 Å². The number of rotatable bonds is 0. The average Bonchev–Trinajstić information content (AvgIpc) is 2.86. The summed E-state index contributed by atoms with van der Waals surface area (Å²) in [6.07, 6.45) is 10.3. The molecule has 0 saturated carbocycles. The molecule has 4 rings (SSSR count). The summed E-state index contributed by atoms with van der Waals surface area (Å²) in [5, 5.41) is 0. The van der Waals surface area contributed by atoms with Crippen LogP contribution in [0, 0.1) is 11.8 Å². The van der Waals surface area contributed by atoms with Crippen molar-refractivity contribution in [2.24, 2.45) is 0 Å².